The SMILES string of the molecule is CCCCN(CC(=O)C1CC1)C1CC1. The van der Waals surface area contributed by atoms with Crippen LogP contribution >= 0.6 is 0 Å². The number of hydrogen-bond acceptors (Lipinski definition) is 2. The third-order valence-corrected chi connectivity index (χ3v) is 3.25. The third kappa shape index (κ3) is 2.81. The summed E-state index contributed by atoms with van der Waals surface area (Å²) in [6, 6.07) is 0.754. The summed E-state index contributed by atoms with van der Waals surface area (Å²) in [6.07, 6.45) is 7.44. The Kier molecular flexibility index (Phi) is 3.22. The van der Waals surface area contributed by atoms with Crippen LogP contribution < -0.4 is 0 Å². The molecule has 2 heteroatoms. The summed E-state index contributed by atoms with van der Waals surface area (Å²) >= 11 is 0. The van der Waals surface area contributed by atoms with E-state index in [-0.39, 0.29) is 0 Å². The lowest BCUT2D eigenvalue weighted by Crippen LogP contribution is -2.33. The van der Waals surface area contributed by atoms with Gasteiger partial charge in [0.1, 0.15) is 5.78 Å². The van der Waals surface area contributed by atoms with Crippen molar-refractivity contribution >= 4 is 5.78 Å². The van der Waals surface area contributed by atoms with Crippen molar-refractivity contribution in [2.45, 2.75) is 51.5 Å². The van der Waals surface area contributed by atoms with Gasteiger partial charge in [0, 0.05) is 12.0 Å². The summed E-state index contributed by atoms with van der Waals surface area (Å²) in [4.78, 5) is 14.1. The van der Waals surface area contributed by atoms with Crippen molar-refractivity contribution in [1.82, 2.24) is 4.90 Å². The molecule has 0 aromatic heterocycles. The zero-order chi connectivity index (χ0) is 9.97. The average molecular weight is 195 g/mol. The van der Waals surface area contributed by atoms with Crippen molar-refractivity contribution in [3.63, 3.8) is 0 Å². The Labute approximate surface area is 86.7 Å². The Morgan fingerprint density at radius 2 is 2.00 bits per heavy atom. The standard InChI is InChI=1S/C12H21NO/c1-2-3-8-13(11-6-7-11)9-12(14)10-4-5-10/h10-11H,2-9H2,1H3. The Morgan fingerprint density at radius 3 is 2.50 bits per heavy atom. The zero-order valence-electron chi connectivity index (χ0n) is 9.17. The van der Waals surface area contributed by atoms with Gasteiger partial charge >= 0.3 is 0 Å². The normalized spacial score (nSPS) is 21.6. The fraction of sp³-hybridized carbons (Fsp3) is 0.917. The first kappa shape index (κ1) is 10.2. The van der Waals surface area contributed by atoms with E-state index < -0.39 is 0 Å². The molecule has 2 saturated carbocycles. The van der Waals surface area contributed by atoms with Crippen LogP contribution in [0.2, 0.25) is 0 Å². The molecule has 0 N–H and O–H groups in total. The Bertz CT molecular complexity index is 206. The van der Waals surface area contributed by atoms with Crippen molar-refractivity contribution in [2.75, 3.05) is 13.1 Å². The van der Waals surface area contributed by atoms with Gasteiger partial charge in [0.25, 0.3) is 0 Å². The summed E-state index contributed by atoms with van der Waals surface area (Å²) in [5, 5.41) is 0. The highest BCUT2D eigenvalue weighted by Gasteiger charge is 2.34. The smallest absolute Gasteiger partial charge is 0.149 e. The van der Waals surface area contributed by atoms with Crippen molar-refractivity contribution in [3.8, 4) is 0 Å². The molecule has 0 heterocycles. The Morgan fingerprint density at radius 1 is 1.29 bits per heavy atom. The summed E-state index contributed by atoms with van der Waals surface area (Å²) < 4.78 is 0. The van der Waals surface area contributed by atoms with Gasteiger partial charge in [0.2, 0.25) is 0 Å². The number of nitrogens with zero attached hydrogens (tertiary/aromatic N) is 1. The van der Waals surface area contributed by atoms with Crippen LogP contribution in [0.1, 0.15) is 45.4 Å². The van der Waals surface area contributed by atoms with Crippen molar-refractivity contribution < 1.29 is 4.79 Å². The molecule has 0 unspecified atom stereocenters. The fourth-order valence-corrected chi connectivity index (χ4v) is 1.93. The van der Waals surface area contributed by atoms with E-state index in [1.54, 1.807) is 0 Å². The molecule has 2 aliphatic carbocycles. The molecule has 0 bridgehead atoms. The highest BCUT2D eigenvalue weighted by atomic mass is 16.1. The number of carbonyl (C=O) groups is 1. The first-order chi connectivity index (χ1) is 6.81. The lowest BCUT2D eigenvalue weighted by atomic mass is 10.2. The van der Waals surface area contributed by atoms with Gasteiger partial charge in [-0.2, -0.15) is 0 Å². The average Bonchev–Trinajstić information content (AvgIpc) is 3.06. The summed E-state index contributed by atoms with van der Waals surface area (Å²) in [5.74, 6) is 0.950. The molecule has 0 amide bonds. The second kappa shape index (κ2) is 4.43. The fourth-order valence-electron chi connectivity index (χ4n) is 1.93. The van der Waals surface area contributed by atoms with Gasteiger partial charge in [0.15, 0.2) is 0 Å². The van der Waals surface area contributed by atoms with E-state index in [4.69, 9.17) is 0 Å². The molecule has 2 nitrogen and oxygen atoms in total. The highest BCUT2D eigenvalue weighted by molar-refractivity contribution is 5.85. The minimum atomic E-state index is 0.442. The summed E-state index contributed by atoms with van der Waals surface area (Å²) in [5.41, 5.74) is 0. The number of Topliss-reactive ketones (excluding diaryl/α,β-unsaturated/α-hetero) is 1. The number of rotatable bonds is 7. The van der Waals surface area contributed by atoms with E-state index in [9.17, 15) is 4.79 Å². The minimum absolute atomic E-state index is 0.442. The van der Waals surface area contributed by atoms with Gasteiger partial charge in [-0.15, -0.1) is 0 Å². The van der Waals surface area contributed by atoms with Crippen LogP contribution in [-0.2, 0) is 4.79 Å². The molecule has 2 fully saturated rings. The second-order valence-electron chi connectivity index (χ2n) is 4.80. The number of unbranched alkanes of at least 4 members (excludes halogenated alkanes) is 1. The summed E-state index contributed by atoms with van der Waals surface area (Å²) in [7, 11) is 0. The molecule has 0 radical (unpaired) electrons. The molecule has 80 valence electrons. The van der Waals surface area contributed by atoms with Crippen LogP contribution in [0.3, 0.4) is 0 Å². The quantitative estimate of drug-likeness (QED) is 0.621. The molecule has 0 aromatic carbocycles. The molecule has 0 spiro atoms. The maximum Gasteiger partial charge on any atom is 0.149 e. The van der Waals surface area contributed by atoms with E-state index in [0.29, 0.717) is 11.7 Å². The maximum atomic E-state index is 11.7. The minimum Gasteiger partial charge on any atom is -0.298 e. The molecule has 0 aromatic rings. The summed E-state index contributed by atoms with van der Waals surface area (Å²) in [6.45, 7) is 4.10. The van der Waals surface area contributed by atoms with Gasteiger partial charge in [-0.05, 0) is 38.6 Å². The lowest BCUT2D eigenvalue weighted by Gasteiger charge is -2.20. The van der Waals surface area contributed by atoms with Crippen molar-refractivity contribution in [1.29, 1.82) is 0 Å². The van der Waals surface area contributed by atoms with Crippen LogP contribution in [0, 0.1) is 5.92 Å². The van der Waals surface area contributed by atoms with E-state index in [0.717, 1.165) is 32.0 Å². The lowest BCUT2D eigenvalue weighted by molar-refractivity contribution is -0.121. The number of carbonyl (C=O) groups excluding carboxylic acids is 1. The predicted octanol–water partition coefficient (Wildman–Crippen LogP) is 2.23. The van der Waals surface area contributed by atoms with Gasteiger partial charge in [-0.1, -0.05) is 13.3 Å². The molecule has 14 heavy (non-hydrogen) atoms. The topological polar surface area (TPSA) is 20.3 Å². The predicted molar refractivity (Wildman–Crippen MR) is 57.2 cm³/mol. The Balaban J connectivity index is 1.74. The molecule has 2 rings (SSSR count). The van der Waals surface area contributed by atoms with Crippen molar-refractivity contribution in [2.24, 2.45) is 5.92 Å². The number of ketones is 1. The molecular formula is C12H21NO. The molecule has 0 atom stereocenters. The molecular weight excluding hydrogens is 174 g/mol. The van der Waals surface area contributed by atoms with Crippen molar-refractivity contribution in [3.05, 3.63) is 0 Å². The van der Waals surface area contributed by atoms with Gasteiger partial charge in [0.05, 0.1) is 6.54 Å². The van der Waals surface area contributed by atoms with E-state index in [1.165, 1.54) is 25.7 Å². The van der Waals surface area contributed by atoms with Crippen LogP contribution in [-0.4, -0.2) is 29.8 Å². The Hall–Kier alpha value is -0.370. The van der Waals surface area contributed by atoms with Crippen LogP contribution in [0.25, 0.3) is 0 Å². The zero-order valence-corrected chi connectivity index (χ0v) is 9.17. The van der Waals surface area contributed by atoms with E-state index in [2.05, 4.69) is 11.8 Å². The van der Waals surface area contributed by atoms with Gasteiger partial charge in [-0.25, -0.2) is 0 Å². The first-order valence-electron chi connectivity index (χ1n) is 6.08. The first-order valence-corrected chi connectivity index (χ1v) is 6.08. The van der Waals surface area contributed by atoms with E-state index in [1.807, 2.05) is 0 Å². The molecule has 0 saturated heterocycles. The largest absolute Gasteiger partial charge is 0.298 e. The number of hydrogen-bond donors (Lipinski definition) is 0. The molecule has 2 aliphatic rings. The van der Waals surface area contributed by atoms with Crippen LogP contribution in [0.4, 0.5) is 0 Å². The van der Waals surface area contributed by atoms with Gasteiger partial charge in [-0.3, -0.25) is 9.69 Å². The molecule has 0 aliphatic heterocycles. The van der Waals surface area contributed by atoms with E-state index >= 15 is 0 Å². The second-order valence-corrected chi connectivity index (χ2v) is 4.80. The van der Waals surface area contributed by atoms with Gasteiger partial charge < -0.3 is 0 Å². The maximum absolute atomic E-state index is 11.7. The van der Waals surface area contributed by atoms with Crippen LogP contribution in [0.15, 0.2) is 0 Å². The third-order valence-electron chi connectivity index (χ3n) is 3.25. The monoisotopic (exact) mass is 195 g/mol. The highest BCUT2D eigenvalue weighted by Crippen LogP contribution is 2.32. The van der Waals surface area contributed by atoms with Crippen LogP contribution in [0.5, 0.6) is 0 Å².